The predicted octanol–water partition coefficient (Wildman–Crippen LogP) is 2.22. The Morgan fingerprint density at radius 2 is 2.31 bits per heavy atom. The van der Waals surface area contributed by atoms with Crippen molar-refractivity contribution in [2.24, 2.45) is 10.1 Å². The molecule has 1 aromatic carbocycles. The molecule has 0 radical (unpaired) electrons. The third kappa shape index (κ3) is 5.57. The van der Waals surface area contributed by atoms with E-state index in [1.165, 1.54) is 18.2 Å². The van der Waals surface area contributed by atoms with Crippen molar-refractivity contribution in [2.45, 2.75) is 31.7 Å². The number of halogens is 2. The molecule has 2 atom stereocenters. The maximum Gasteiger partial charge on any atom is 0.202 e. The monoisotopic (exact) mass is 489 g/mol. The van der Waals surface area contributed by atoms with E-state index in [4.69, 9.17) is 9.77 Å². The molecule has 29 heavy (non-hydrogen) atoms. The van der Waals surface area contributed by atoms with Crippen LogP contribution in [0.4, 0.5) is 15.9 Å². The molecule has 5 N–H and O–H groups in total. The van der Waals surface area contributed by atoms with E-state index in [2.05, 4.69) is 36.6 Å². The van der Waals surface area contributed by atoms with E-state index in [-0.39, 0.29) is 27.9 Å². The minimum Gasteiger partial charge on any atom is -0.365 e. The number of aromatic nitrogens is 2. The normalized spacial score (nSPS) is 19.2. The van der Waals surface area contributed by atoms with Crippen LogP contribution in [0.2, 0.25) is 0 Å². The first-order valence-corrected chi connectivity index (χ1v) is 10.9. The quantitative estimate of drug-likeness (QED) is 0.265. The van der Waals surface area contributed by atoms with Crippen LogP contribution in [0.5, 0.6) is 0 Å². The molecule has 1 fully saturated rings. The Bertz CT molecular complexity index is 897. The lowest BCUT2D eigenvalue weighted by molar-refractivity contribution is 0.234. The largest absolute Gasteiger partial charge is 0.365 e. The number of piperidine rings is 1. The van der Waals surface area contributed by atoms with Crippen LogP contribution < -0.4 is 15.9 Å². The molecule has 158 valence electrons. The summed E-state index contributed by atoms with van der Waals surface area (Å²) in [5.41, 5.74) is 2.51. The summed E-state index contributed by atoms with van der Waals surface area (Å²) in [7, 11) is 0. The van der Waals surface area contributed by atoms with Gasteiger partial charge in [0.25, 0.3) is 0 Å². The summed E-state index contributed by atoms with van der Waals surface area (Å²) in [5, 5.41) is 25.7. The Balaban J connectivity index is 1.68. The number of hydrogen-bond acceptors (Lipinski definition) is 7. The fourth-order valence-corrected chi connectivity index (χ4v) is 4.31. The first kappa shape index (κ1) is 21.8. The van der Waals surface area contributed by atoms with Crippen molar-refractivity contribution in [3.05, 3.63) is 34.2 Å². The second kappa shape index (κ2) is 10.2. The fourth-order valence-electron chi connectivity index (χ4n) is 3.13. The molecular formula is C16H21BrFN7O3S. The average Bonchev–Trinajstić information content (AvgIpc) is 3.17. The highest BCUT2D eigenvalue weighted by Crippen LogP contribution is 2.24. The fraction of sp³-hybridized carbons (Fsp3) is 0.438. The van der Waals surface area contributed by atoms with Gasteiger partial charge in [-0.2, -0.15) is 0 Å². The van der Waals surface area contributed by atoms with Crippen molar-refractivity contribution < 1.29 is 18.4 Å². The Morgan fingerprint density at radius 3 is 3.03 bits per heavy atom. The molecule has 0 amide bonds. The highest BCUT2D eigenvalue weighted by atomic mass is 79.9. The number of hydroxylamine groups is 1. The van der Waals surface area contributed by atoms with Gasteiger partial charge in [0.1, 0.15) is 5.82 Å². The highest BCUT2D eigenvalue weighted by Gasteiger charge is 2.25. The van der Waals surface area contributed by atoms with Gasteiger partial charge in [-0.05, 0) is 63.7 Å². The predicted molar refractivity (Wildman–Crippen MR) is 109 cm³/mol. The van der Waals surface area contributed by atoms with E-state index in [1.54, 1.807) is 4.31 Å². The first-order valence-electron chi connectivity index (χ1n) is 8.93. The van der Waals surface area contributed by atoms with Crippen LogP contribution in [0.15, 0.2) is 32.3 Å². The lowest BCUT2D eigenvalue weighted by Gasteiger charge is -2.32. The molecule has 2 unspecified atom stereocenters. The van der Waals surface area contributed by atoms with Gasteiger partial charge in [0.05, 0.1) is 10.2 Å². The highest BCUT2D eigenvalue weighted by molar-refractivity contribution is 9.10. The Kier molecular flexibility index (Phi) is 7.66. The van der Waals surface area contributed by atoms with Crippen LogP contribution in [0, 0.1) is 5.82 Å². The van der Waals surface area contributed by atoms with Gasteiger partial charge < -0.3 is 5.32 Å². The van der Waals surface area contributed by atoms with Gasteiger partial charge in [-0.25, -0.2) is 27.7 Å². The number of amidine groups is 1. The molecular weight excluding hydrogens is 469 g/mol. The molecule has 2 aromatic rings. The molecule has 1 saturated heterocycles. The molecule has 13 heteroatoms. The van der Waals surface area contributed by atoms with Crippen LogP contribution in [0.25, 0.3) is 0 Å². The van der Waals surface area contributed by atoms with Gasteiger partial charge in [0.15, 0.2) is 22.7 Å². The molecule has 3 rings (SSSR count). The molecule has 1 aliphatic heterocycles. The van der Waals surface area contributed by atoms with Gasteiger partial charge >= 0.3 is 0 Å². The lowest BCUT2D eigenvalue weighted by atomic mass is 10.0. The zero-order valence-corrected chi connectivity index (χ0v) is 17.7. The summed E-state index contributed by atoms with van der Waals surface area (Å²) >= 11 is 1.59. The summed E-state index contributed by atoms with van der Waals surface area (Å²) in [6.07, 6.45) is 3.65. The molecule has 2 heterocycles. The zero-order valence-electron chi connectivity index (χ0n) is 15.3. The molecule has 0 saturated carbocycles. The second-order valence-corrected chi connectivity index (χ2v) is 8.29. The summed E-state index contributed by atoms with van der Waals surface area (Å²) in [5.74, 6) is -0.166. The van der Waals surface area contributed by atoms with Crippen molar-refractivity contribution in [3.63, 3.8) is 0 Å². The van der Waals surface area contributed by atoms with Crippen molar-refractivity contribution in [1.82, 2.24) is 20.1 Å². The van der Waals surface area contributed by atoms with E-state index in [0.717, 1.165) is 19.3 Å². The topological polar surface area (TPSA) is 142 Å². The summed E-state index contributed by atoms with van der Waals surface area (Å²) < 4.78 is 31.9. The maximum absolute atomic E-state index is 13.4. The third-order valence-electron chi connectivity index (χ3n) is 4.54. The SMILES string of the molecule is NS(=O)N1CCCCC1CCNc1nonc1C(=Nc1ccc(F)c(Br)c1)NO. The minimum absolute atomic E-state index is 0.0189. The number of nitrogens with one attached hydrogen (secondary N) is 2. The van der Waals surface area contributed by atoms with Gasteiger partial charge in [-0.15, -0.1) is 0 Å². The standard InChI is InChI=1S/C16H21BrFN7O3S/c17-12-9-10(4-5-13(12)18)21-16(22-26)14-15(24-28-23-14)20-7-6-11-3-1-2-8-25(11)29(19)27/h4-5,9,11,26H,1-3,6-8,19H2,(H,20,24)(H,21,22). The van der Waals surface area contributed by atoms with Crippen LogP contribution >= 0.6 is 15.9 Å². The molecule has 0 aliphatic carbocycles. The molecule has 10 nitrogen and oxygen atoms in total. The van der Waals surface area contributed by atoms with Gasteiger partial charge in [0.2, 0.25) is 5.82 Å². The van der Waals surface area contributed by atoms with Crippen molar-refractivity contribution in [2.75, 3.05) is 18.4 Å². The van der Waals surface area contributed by atoms with Crippen LogP contribution in [-0.2, 0) is 11.2 Å². The summed E-state index contributed by atoms with van der Waals surface area (Å²) in [4.78, 5) is 4.21. The number of rotatable bonds is 7. The number of anilines is 1. The van der Waals surface area contributed by atoms with Crippen molar-refractivity contribution >= 4 is 44.4 Å². The van der Waals surface area contributed by atoms with E-state index in [0.29, 0.717) is 25.2 Å². The minimum atomic E-state index is -1.50. The number of hydrogen-bond donors (Lipinski definition) is 4. The van der Waals surface area contributed by atoms with Crippen molar-refractivity contribution in [1.29, 1.82) is 0 Å². The van der Waals surface area contributed by atoms with Crippen molar-refractivity contribution in [3.8, 4) is 0 Å². The lowest BCUT2D eigenvalue weighted by Crippen LogP contribution is -2.44. The molecule has 0 spiro atoms. The third-order valence-corrected chi connectivity index (χ3v) is 6.09. The van der Waals surface area contributed by atoms with E-state index >= 15 is 0 Å². The summed E-state index contributed by atoms with van der Waals surface area (Å²) in [6, 6.07) is 4.25. The van der Waals surface area contributed by atoms with Crippen LogP contribution in [-0.4, -0.2) is 49.0 Å². The van der Waals surface area contributed by atoms with E-state index in [1.807, 2.05) is 5.48 Å². The Labute approximate surface area is 177 Å². The number of nitrogens with two attached hydrogens (primary N) is 1. The average molecular weight is 490 g/mol. The molecule has 0 bridgehead atoms. The zero-order chi connectivity index (χ0) is 20.8. The molecule has 1 aromatic heterocycles. The van der Waals surface area contributed by atoms with Gasteiger partial charge in [-0.3, -0.25) is 10.7 Å². The van der Waals surface area contributed by atoms with Gasteiger partial charge in [0, 0.05) is 19.1 Å². The van der Waals surface area contributed by atoms with E-state index < -0.39 is 17.0 Å². The first-order chi connectivity index (χ1) is 14.0. The molecule has 1 aliphatic rings. The number of aliphatic imine (C=N–C) groups is 1. The number of nitrogens with zero attached hydrogens (tertiary/aromatic N) is 4. The van der Waals surface area contributed by atoms with Crippen LogP contribution in [0.3, 0.4) is 0 Å². The Morgan fingerprint density at radius 1 is 1.48 bits per heavy atom. The van der Waals surface area contributed by atoms with Crippen LogP contribution in [0.1, 0.15) is 31.4 Å². The Hall–Kier alpha value is -1.93. The maximum atomic E-state index is 13.4. The second-order valence-electron chi connectivity index (χ2n) is 6.41. The summed E-state index contributed by atoms with van der Waals surface area (Å²) in [6.45, 7) is 1.21. The smallest absolute Gasteiger partial charge is 0.202 e. The number of benzene rings is 1. The van der Waals surface area contributed by atoms with E-state index in [9.17, 15) is 13.8 Å². The van der Waals surface area contributed by atoms with Gasteiger partial charge in [-0.1, -0.05) is 6.42 Å².